The zero-order chi connectivity index (χ0) is 14.0. The van der Waals surface area contributed by atoms with Crippen LogP contribution in [0.2, 0.25) is 0 Å². The van der Waals surface area contributed by atoms with E-state index in [0.29, 0.717) is 14.0 Å². The van der Waals surface area contributed by atoms with Crippen molar-refractivity contribution >= 4 is 34.6 Å². The summed E-state index contributed by atoms with van der Waals surface area (Å²) in [6, 6.07) is 7.04. The first kappa shape index (κ1) is 13.7. The Hall–Kier alpha value is -1.73. The van der Waals surface area contributed by atoms with E-state index < -0.39 is 10.7 Å². The largest absolute Gasteiger partial charge is 0.294 e. The second kappa shape index (κ2) is 5.50. The number of rotatable bonds is 4. The van der Waals surface area contributed by atoms with Crippen LogP contribution in [0.4, 0.5) is 10.1 Å². The summed E-state index contributed by atoms with van der Waals surface area (Å²) in [7, 11) is 0. The van der Waals surface area contributed by atoms with Crippen LogP contribution in [0.15, 0.2) is 39.4 Å². The molecule has 0 aliphatic carbocycles. The molecule has 0 fully saturated rings. The van der Waals surface area contributed by atoms with E-state index in [9.17, 15) is 19.3 Å². The molecule has 0 aliphatic rings. The molecule has 2 aromatic rings. The van der Waals surface area contributed by atoms with Gasteiger partial charge in [-0.15, -0.1) is 11.3 Å². The van der Waals surface area contributed by atoms with Crippen LogP contribution in [0.1, 0.15) is 16.6 Å². The molecule has 0 radical (unpaired) electrons. The molecule has 0 N–H and O–H groups in total. The van der Waals surface area contributed by atoms with Gasteiger partial charge in [0.1, 0.15) is 10.0 Å². The minimum Gasteiger partial charge on any atom is -0.294 e. The number of ketones is 1. The second-order valence-corrected chi connectivity index (χ2v) is 6.05. The fourth-order valence-corrected chi connectivity index (χ4v) is 3.62. The zero-order valence-corrected chi connectivity index (χ0v) is 11.4. The number of nitro groups is 1. The third-order valence-corrected chi connectivity index (χ3v) is 4.63. The van der Waals surface area contributed by atoms with E-state index in [1.807, 2.05) is 0 Å². The molecule has 0 saturated carbocycles. The number of hydrogen-bond acceptors (Lipinski definition) is 5. The van der Waals surface area contributed by atoms with Gasteiger partial charge in [0, 0.05) is 11.0 Å². The summed E-state index contributed by atoms with van der Waals surface area (Å²) in [6.45, 7) is 1.35. The minimum atomic E-state index is -0.537. The maximum Gasteiger partial charge on any atom is 0.294 e. The monoisotopic (exact) mass is 297 g/mol. The van der Waals surface area contributed by atoms with Crippen LogP contribution in [0.5, 0.6) is 0 Å². The van der Waals surface area contributed by atoms with Crippen molar-refractivity contribution in [3.05, 3.63) is 51.1 Å². The molecule has 4 nitrogen and oxygen atoms in total. The summed E-state index contributed by atoms with van der Waals surface area (Å²) in [6.07, 6.45) is 0. The van der Waals surface area contributed by atoms with Crippen molar-refractivity contribution in [1.82, 2.24) is 0 Å². The van der Waals surface area contributed by atoms with Crippen molar-refractivity contribution < 1.29 is 14.1 Å². The molecule has 0 aliphatic heterocycles. The van der Waals surface area contributed by atoms with Crippen LogP contribution < -0.4 is 0 Å². The molecule has 7 heteroatoms. The maximum absolute atomic E-state index is 13.1. The Balaban J connectivity index is 2.38. The predicted molar refractivity (Wildman–Crippen MR) is 71.5 cm³/mol. The molecule has 0 amide bonds. The van der Waals surface area contributed by atoms with Gasteiger partial charge in [-0.1, -0.05) is 17.8 Å². The van der Waals surface area contributed by atoms with E-state index in [-0.39, 0.29) is 11.5 Å². The number of hydrogen-bond donors (Lipinski definition) is 0. The Bertz CT molecular complexity index is 654. The van der Waals surface area contributed by atoms with E-state index in [1.165, 1.54) is 31.2 Å². The highest BCUT2D eigenvalue weighted by Crippen LogP contribution is 2.41. The van der Waals surface area contributed by atoms with Gasteiger partial charge in [-0.2, -0.15) is 0 Å². The highest BCUT2D eigenvalue weighted by molar-refractivity contribution is 8.01. The lowest BCUT2D eigenvalue weighted by Crippen LogP contribution is -1.87. The molecular weight excluding hydrogens is 289 g/mol. The molecule has 98 valence electrons. The summed E-state index contributed by atoms with van der Waals surface area (Å²) in [5.74, 6) is -0.629. The normalized spacial score (nSPS) is 10.4. The second-order valence-electron chi connectivity index (χ2n) is 3.66. The van der Waals surface area contributed by atoms with E-state index in [1.54, 1.807) is 6.07 Å². The molecule has 0 unspecified atom stereocenters. The van der Waals surface area contributed by atoms with Gasteiger partial charge in [0.05, 0.1) is 9.80 Å². The molecule has 1 aromatic heterocycles. The number of carbonyl (C=O) groups excluding carboxylic acids is 1. The fourth-order valence-electron chi connectivity index (χ4n) is 1.38. The van der Waals surface area contributed by atoms with Gasteiger partial charge in [0.2, 0.25) is 0 Å². The van der Waals surface area contributed by atoms with Gasteiger partial charge in [0.15, 0.2) is 5.78 Å². The summed E-state index contributed by atoms with van der Waals surface area (Å²) < 4.78 is 13.4. The zero-order valence-electron chi connectivity index (χ0n) is 9.75. The molecule has 1 heterocycles. The molecule has 0 bridgehead atoms. The van der Waals surface area contributed by atoms with E-state index in [4.69, 9.17) is 0 Å². The van der Waals surface area contributed by atoms with Gasteiger partial charge in [-0.3, -0.25) is 14.9 Å². The lowest BCUT2D eigenvalue weighted by molar-refractivity contribution is -0.387. The van der Waals surface area contributed by atoms with Gasteiger partial charge < -0.3 is 0 Å². The molecule has 2 rings (SSSR count). The molecule has 0 saturated heterocycles. The highest BCUT2D eigenvalue weighted by atomic mass is 32.2. The minimum absolute atomic E-state index is 0.121. The third-order valence-electron chi connectivity index (χ3n) is 2.23. The van der Waals surface area contributed by atoms with Crippen molar-refractivity contribution in [1.29, 1.82) is 0 Å². The summed E-state index contributed by atoms with van der Waals surface area (Å²) >= 11 is 2.13. The molecule has 1 aromatic carbocycles. The average Bonchev–Trinajstić information content (AvgIpc) is 2.73. The van der Waals surface area contributed by atoms with Crippen molar-refractivity contribution in [3.8, 4) is 0 Å². The van der Waals surface area contributed by atoms with Crippen molar-refractivity contribution in [2.45, 2.75) is 16.0 Å². The number of nitrogens with zero attached hydrogens (tertiary/aromatic N) is 1. The first-order valence-corrected chi connectivity index (χ1v) is 6.83. The summed E-state index contributed by atoms with van der Waals surface area (Å²) in [5, 5.41) is 10.9. The quantitative estimate of drug-likeness (QED) is 0.483. The molecule has 0 atom stereocenters. The Morgan fingerprint density at radius 3 is 2.74 bits per heavy atom. The molecule has 0 spiro atoms. The van der Waals surface area contributed by atoms with Crippen LogP contribution in [0.3, 0.4) is 0 Å². The maximum atomic E-state index is 13.1. The summed E-state index contributed by atoms with van der Waals surface area (Å²) in [4.78, 5) is 22.5. The van der Waals surface area contributed by atoms with Crippen molar-refractivity contribution in [2.24, 2.45) is 0 Å². The van der Waals surface area contributed by atoms with Gasteiger partial charge in [0.25, 0.3) is 5.69 Å². The Morgan fingerprint density at radius 2 is 2.16 bits per heavy atom. The fraction of sp³-hybridized carbons (Fsp3) is 0.0833. The molecular formula is C12H8FNO3S2. The van der Waals surface area contributed by atoms with Crippen LogP contribution in [-0.2, 0) is 0 Å². The van der Waals surface area contributed by atoms with Crippen molar-refractivity contribution in [2.75, 3.05) is 0 Å². The highest BCUT2D eigenvalue weighted by Gasteiger charge is 2.21. The standard InChI is InChI=1S/C12H8FNO3S2/c1-7(15)11-6-10(14(16)17)12(19-11)18-9-4-2-3-8(13)5-9/h2-6H,1H3. The molecule has 19 heavy (non-hydrogen) atoms. The number of benzene rings is 1. The van der Waals surface area contributed by atoms with E-state index in [0.717, 1.165) is 23.1 Å². The van der Waals surface area contributed by atoms with Crippen LogP contribution in [-0.4, -0.2) is 10.7 Å². The first-order chi connectivity index (χ1) is 8.97. The number of carbonyl (C=O) groups is 1. The lowest BCUT2D eigenvalue weighted by atomic mass is 10.3. The predicted octanol–water partition coefficient (Wildman–Crippen LogP) is 4.15. The third kappa shape index (κ3) is 3.18. The van der Waals surface area contributed by atoms with Crippen LogP contribution >= 0.6 is 23.1 Å². The van der Waals surface area contributed by atoms with Gasteiger partial charge >= 0.3 is 0 Å². The lowest BCUT2D eigenvalue weighted by Gasteiger charge is -1.98. The van der Waals surface area contributed by atoms with Gasteiger partial charge in [-0.05, 0) is 25.1 Å². The van der Waals surface area contributed by atoms with Crippen LogP contribution in [0, 0.1) is 15.9 Å². The van der Waals surface area contributed by atoms with E-state index in [2.05, 4.69) is 0 Å². The summed E-state index contributed by atoms with van der Waals surface area (Å²) in [5.41, 5.74) is -0.121. The Labute approximate surface area is 116 Å². The average molecular weight is 297 g/mol. The topological polar surface area (TPSA) is 60.2 Å². The SMILES string of the molecule is CC(=O)c1cc([N+](=O)[O-])c(Sc2cccc(F)c2)s1. The van der Waals surface area contributed by atoms with Gasteiger partial charge in [-0.25, -0.2) is 4.39 Å². The van der Waals surface area contributed by atoms with E-state index >= 15 is 0 Å². The number of thiophene rings is 1. The number of halogens is 1. The Kier molecular flexibility index (Phi) is 3.96. The van der Waals surface area contributed by atoms with Crippen LogP contribution in [0.25, 0.3) is 0 Å². The van der Waals surface area contributed by atoms with Crippen molar-refractivity contribution in [3.63, 3.8) is 0 Å². The first-order valence-electron chi connectivity index (χ1n) is 5.20. The number of Topliss-reactive ketones (excluding diaryl/α,β-unsaturated/α-hetero) is 1. The Morgan fingerprint density at radius 1 is 1.42 bits per heavy atom. The smallest absolute Gasteiger partial charge is 0.294 e.